The minimum Gasteiger partial charge on any atom is -0.482 e. The van der Waals surface area contributed by atoms with E-state index in [2.05, 4.69) is 5.16 Å². The fourth-order valence-electron chi connectivity index (χ4n) is 1.69. The number of hydrogen-bond acceptors (Lipinski definition) is 4. The van der Waals surface area contributed by atoms with E-state index < -0.39 is 0 Å². The van der Waals surface area contributed by atoms with E-state index in [9.17, 15) is 4.79 Å². The highest BCUT2D eigenvalue weighted by Gasteiger charge is 2.22. The Morgan fingerprint density at radius 2 is 2.29 bits per heavy atom. The van der Waals surface area contributed by atoms with Gasteiger partial charge < -0.3 is 14.5 Å². The number of fused-ring (bicyclic) bond motifs is 1. The molecule has 1 heterocycles. The lowest BCUT2D eigenvalue weighted by molar-refractivity contribution is -0.120. The molecule has 0 atom stereocenters. The van der Waals surface area contributed by atoms with Crippen molar-refractivity contribution >= 4 is 17.3 Å². The van der Waals surface area contributed by atoms with E-state index >= 15 is 0 Å². The van der Waals surface area contributed by atoms with Gasteiger partial charge in [0.15, 0.2) is 6.61 Å². The van der Waals surface area contributed by atoms with Crippen LogP contribution in [0, 0.1) is 0 Å². The third-order valence-corrected chi connectivity index (χ3v) is 2.69. The molecule has 0 radical (unpaired) electrons. The Kier molecular flexibility index (Phi) is 2.99. The predicted molar refractivity (Wildman–Crippen MR) is 64.6 cm³/mol. The van der Waals surface area contributed by atoms with E-state index in [0.29, 0.717) is 5.75 Å². The molecule has 0 spiro atoms. The molecule has 0 saturated carbocycles. The number of ether oxygens (including phenoxy) is 1. The standard InChI is InChI=1S/C12H14N2O3/c1-8(13-16-3)9-4-5-11-10(6-9)14(2)12(15)7-17-11/h4-6H,7H2,1-3H3/b13-8-. The van der Waals surface area contributed by atoms with Crippen LogP contribution in [0.3, 0.4) is 0 Å². The number of benzene rings is 1. The van der Waals surface area contributed by atoms with E-state index in [-0.39, 0.29) is 12.5 Å². The summed E-state index contributed by atoms with van der Waals surface area (Å²) < 4.78 is 5.34. The van der Waals surface area contributed by atoms with E-state index in [4.69, 9.17) is 9.57 Å². The molecular weight excluding hydrogens is 220 g/mol. The SMILES string of the molecule is CO/N=C(/C)c1ccc2c(c1)N(C)C(=O)CO2. The van der Waals surface area contributed by atoms with Gasteiger partial charge in [-0.1, -0.05) is 5.16 Å². The maximum absolute atomic E-state index is 11.5. The van der Waals surface area contributed by atoms with Crippen molar-refractivity contribution in [2.45, 2.75) is 6.92 Å². The molecule has 2 rings (SSSR count). The Morgan fingerprint density at radius 3 is 3.00 bits per heavy atom. The Bertz CT molecular complexity index is 483. The van der Waals surface area contributed by atoms with Crippen LogP contribution in [-0.2, 0) is 9.63 Å². The van der Waals surface area contributed by atoms with E-state index in [1.807, 2.05) is 25.1 Å². The largest absolute Gasteiger partial charge is 0.482 e. The van der Waals surface area contributed by atoms with Gasteiger partial charge in [0.1, 0.15) is 12.9 Å². The molecule has 0 bridgehead atoms. The molecular formula is C12H14N2O3. The summed E-state index contributed by atoms with van der Waals surface area (Å²) in [4.78, 5) is 17.8. The van der Waals surface area contributed by atoms with Crippen LogP contribution < -0.4 is 9.64 Å². The summed E-state index contributed by atoms with van der Waals surface area (Å²) in [6, 6.07) is 5.59. The summed E-state index contributed by atoms with van der Waals surface area (Å²) in [7, 11) is 3.23. The molecule has 0 saturated heterocycles. The molecule has 1 aromatic carbocycles. The van der Waals surface area contributed by atoms with E-state index in [1.54, 1.807) is 11.9 Å². The Balaban J connectivity index is 2.42. The minimum absolute atomic E-state index is 0.0593. The number of nitrogens with zero attached hydrogens (tertiary/aromatic N) is 2. The molecule has 0 unspecified atom stereocenters. The van der Waals surface area contributed by atoms with Gasteiger partial charge in [-0.05, 0) is 25.1 Å². The van der Waals surface area contributed by atoms with Gasteiger partial charge >= 0.3 is 0 Å². The van der Waals surface area contributed by atoms with Crippen molar-refractivity contribution in [3.05, 3.63) is 23.8 Å². The van der Waals surface area contributed by atoms with Gasteiger partial charge in [-0.15, -0.1) is 0 Å². The fourth-order valence-corrected chi connectivity index (χ4v) is 1.69. The second-order valence-electron chi connectivity index (χ2n) is 3.78. The number of carbonyl (C=O) groups excluding carboxylic acids is 1. The molecule has 5 nitrogen and oxygen atoms in total. The van der Waals surface area contributed by atoms with Gasteiger partial charge in [-0.2, -0.15) is 0 Å². The quantitative estimate of drug-likeness (QED) is 0.574. The Morgan fingerprint density at radius 1 is 1.53 bits per heavy atom. The summed E-state index contributed by atoms with van der Waals surface area (Å²) in [5, 5.41) is 3.86. The van der Waals surface area contributed by atoms with Crippen molar-refractivity contribution in [2.24, 2.45) is 5.16 Å². The maximum Gasteiger partial charge on any atom is 0.264 e. The zero-order valence-electron chi connectivity index (χ0n) is 10.1. The highest BCUT2D eigenvalue weighted by molar-refractivity contribution is 6.02. The molecule has 1 aliphatic heterocycles. The second-order valence-corrected chi connectivity index (χ2v) is 3.78. The molecule has 1 amide bonds. The van der Waals surface area contributed by atoms with Crippen LogP contribution in [0.1, 0.15) is 12.5 Å². The molecule has 0 aromatic heterocycles. The number of anilines is 1. The molecule has 1 aromatic rings. The number of amides is 1. The van der Waals surface area contributed by atoms with Crippen LogP contribution in [0.25, 0.3) is 0 Å². The van der Waals surface area contributed by atoms with Crippen molar-refractivity contribution in [1.29, 1.82) is 0 Å². The predicted octanol–water partition coefficient (Wildman–Crippen LogP) is 1.41. The topological polar surface area (TPSA) is 51.1 Å². The monoisotopic (exact) mass is 234 g/mol. The molecule has 0 N–H and O–H groups in total. The highest BCUT2D eigenvalue weighted by Crippen LogP contribution is 2.32. The van der Waals surface area contributed by atoms with Crippen LogP contribution in [0.2, 0.25) is 0 Å². The van der Waals surface area contributed by atoms with Crippen molar-refractivity contribution in [3.63, 3.8) is 0 Å². The van der Waals surface area contributed by atoms with Gasteiger partial charge in [0.25, 0.3) is 5.91 Å². The lowest BCUT2D eigenvalue weighted by atomic mass is 10.1. The molecule has 17 heavy (non-hydrogen) atoms. The number of oxime groups is 1. The highest BCUT2D eigenvalue weighted by atomic mass is 16.6. The van der Waals surface area contributed by atoms with Crippen LogP contribution in [0.4, 0.5) is 5.69 Å². The van der Waals surface area contributed by atoms with Gasteiger partial charge in [0.2, 0.25) is 0 Å². The number of carbonyl (C=O) groups is 1. The molecule has 90 valence electrons. The zero-order chi connectivity index (χ0) is 12.4. The average Bonchev–Trinajstić information content (AvgIpc) is 2.34. The molecule has 0 aliphatic carbocycles. The normalized spacial score (nSPS) is 15.4. The van der Waals surface area contributed by atoms with Crippen LogP contribution in [0.15, 0.2) is 23.4 Å². The smallest absolute Gasteiger partial charge is 0.264 e. The van der Waals surface area contributed by atoms with Crippen LogP contribution in [-0.4, -0.2) is 32.4 Å². The summed E-state index contributed by atoms with van der Waals surface area (Å²) in [5.41, 5.74) is 2.40. The van der Waals surface area contributed by atoms with Gasteiger partial charge in [0.05, 0.1) is 11.4 Å². The van der Waals surface area contributed by atoms with Crippen molar-refractivity contribution in [2.75, 3.05) is 25.7 Å². The maximum atomic E-state index is 11.5. The second kappa shape index (κ2) is 4.45. The Hall–Kier alpha value is -2.04. The third kappa shape index (κ3) is 2.08. The fraction of sp³-hybridized carbons (Fsp3) is 0.333. The summed E-state index contributed by atoms with van der Waals surface area (Å²) in [5.74, 6) is 0.650. The van der Waals surface area contributed by atoms with E-state index in [0.717, 1.165) is 17.0 Å². The average molecular weight is 234 g/mol. The lowest BCUT2D eigenvalue weighted by Gasteiger charge is -2.26. The molecule has 1 aliphatic rings. The third-order valence-electron chi connectivity index (χ3n) is 2.69. The van der Waals surface area contributed by atoms with Gasteiger partial charge in [-0.3, -0.25) is 4.79 Å². The van der Waals surface area contributed by atoms with Crippen LogP contribution in [0.5, 0.6) is 5.75 Å². The number of hydrogen-bond donors (Lipinski definition) is 0. The summed E-state index contributed by atoms with van der Waals surface area (Å²) in [6.07, 6.45) is 0. The first-order valence-corrected chi connectivity index (χ1v) is 5.25. The van der Waals surface area contributed by atoms with Crippen molar-refractivity contribution in [3.8, 4) is 5.75 Å². The number of rotatable bonds is 2. The molecule has 5 heteroatoms. The molecule has 0 fully saturated rings. The first-order chi connectivity index (χ1) is 8.13. The summed E-state index contributed by atoms with van der Waals surface area (Å²) in [6.45, 7) is 1.94. The number of likely N-dealkylation sites (N-methyl/N-ethyl adjacent to an activating group) is 1. The van der Waals surface area contributed by atoms with Crippen molar-refractivity contribution in [1.82, 2.24) is 0 Å². The lowest BCUT2D eigenvalue weighted by Crippen LogP contribution is -2.35. The van der Waals surface area contributed by atoms with Crippen LogP contribution >= 0.6 is 0 Å². The Labute approximate surface area is 99.6 Å². The van der Waals surface area contributed by atoms with Crippen molar-refractivity contribution < 1.29 is 14.4 Å². The zero-order valence-corrected chi connectivity index (χ0v) is 10.1. The van der Waals surface area contributed by atoms with Gasteiger partial charge in [0, 0.05) is 12.6 Å². The minimum atomic E-state index is -0.0593. The van der Waals surface area contributed by atoms with E-state index in [1.165, 1.54) is 7.11 Å². The summed E-state index contributed by atoms with van der Waals surface area (Å²) >= 11 is 0. The first kappa shape index (κ1) is 11.4. The first-order valence-electron chi connectivity index (χ1n) is 5.25. The van der Waals surface area contributed by atoms with Gasteiger partial charge in [-0.25, -0.2) is 0 Å².